The molecular formula is C15H20N2O3S. The summed E-state index contributed by atoms with van der Waals surface area (Å²) >= 11 is 0. The van der Waals surface area contributed by atoms with Crippen LogP contribution in [0.3, 0.4) is 0 Å². The number of rotatable bonds is 3. The average molecular weight is 308 g/mol. The topological polar surface area (TPSA) is 49.9 Å². The van der Waals surface area contributed by atoms with Crippen molar-refractivity contribution in [3.05, 3.63) is 29.8 Å². The van der Waals surface area contributed by atoms with E-state index >= 15 is 0 Å². The predicted octanol–water partition coefficient (Wildman–Crippen LogP) is 1.46. The van der Waals surface area contributed by atoms with Gasteiger partial charge in [0, 0.05) is 25.7 Å². The maximum Gasteiger partial charge on any atom is 0.304 e. The molecule has 0 aromatic heterocycles. The minimum Gasteiger partial charge on any atom is -0.373 e. The summed E-state index contributed by atoms with van der Waals surface area (Å²) in [4.78, 5) is 0. The first-order valence-corrected chi connectivity index (χ1v) is 8.20. The van der Waals surface area contributed by atoms with E-state index in [1.165, 1.54) is 15.7 Å². The van der Waals surface area contributed by atoms with Crippen molar-refractivity contribution in [1.29, 1.82) is 0 Å². The predicted molar refractivity (Wildman–Crippen MR) is 83.3 cm³/mol. The monoisotopic (exact) mass is 308 g/mol. The summed E-state index contributed by atoms with van der Waals surface area (Å²) in [6.45, 7) is 4.45. The lowest BCUT2D eigenvalue weighted by atomic mass is 10.2. The van der Waals surface area contributed by atoms with Crippen LogP contribution >= 0.6 is 0 Å². The van der Waals surface area contributed by atoms with Crippen molar-refractivity contribution < 1.29 is 13.2 Å². The van der Waals surface area contributed by atoms with Crippen molar-refractivity contribution in [1.82, 2.24) is 4.31 Å². The van der Waals surface area contributed by atoms with Crippen molar-refractivity contribution in [2.24, 2.45) is 0 Å². The van der Waals surface area contributed by atoms with Gasteiger partial charge in [0.2, 0.25) is 0 Å². The molecule has 1 aliphatic heterocycles. The van der Waals surface area contributed by atoms with E-state index in [-0.39, 0.29) is 12.2 Å². The zero-order valence-corrected chi connectivity index (χ0v) is 13.3. The highest BCUT2D eigenvalue weighted by atomic mass is 32.2. The molecule has 1 aromatic rings. The lowest BCUT2D eigenvalue weighted by Crippen LogP contribution is -2.52. The van der Waals surface area contributed by atoms with Crippen LogP contribution in [-0.2, 0) is 14.9 Å². The minimum absolute atomic E-state index is 0.117. The highest BCUT2D eigenvalue weighted by Crippen LogP contribution is 2.22. The van der Waals surface area contributed by atoms with Gasteiger partial charge in [0.1, 0.15) is 0 Å². The van der Waals surface area contributed by atoms with E-state index in [9.17, 15) is 8.42 Å². The van der Waals surface area contributed by atoms with Crippen molar-refractivity contribution in [2.45, 2.75) is 26.1 Å². The SMILES string of the molecule is C#Cc1cccc(N(C)S(=O)(=O)N2C[C@H](C)O[C@@H](C)C2)c1. The lowest BCUT2D eigenvalue weighted by Gasteiger charge is -2.36. The third kappa shape index (κ3) is 3.38. The van der Waals surface area contributed by atoms with Crippen LogP contribution < -0.4 is 4.31 Å². The molecule has 0 spiro atoms. The number of terminal acetylenes is 1. The fourth-order valence-corrected chi connectivity index (χ4v) is 3.94. The van der Waals surface area contributed by atoms with Crippen molar-refractivity contribution in [3.8, 4) is 12.3 Å². The van der Waals surface area contributed by atoms with Crippen LogP contribution in [0.15, 0.2) is 24.3 Å². The number of hydrogen-bond donors (Lipinski definition) is 0. The highest BCUT2D eigenvalue weighted by Gasteiger charge is 2.33. The van der Waals surface area contributed by atoms with Gasteiger partial charge in [-0.1, -0.05) is 12.0 Å². The fourth-order valence-electron chi connectivity index (χ4n) is 2.42. The van der Waals surface area contributed by atoms with Gasteiger partial charge in [0.15, 0.2) is 0 Å². The maximum atomic E-state index is 12.7. The van der Waals surface area contributed by atoms with Gasteiger partial charge in [0.05, 0.1) is 17.9 Å². The molecule has 5 nitrogen and oxygen atoms in total. The van der Waals surface area contributed by atoms with Crippen molar-refractivity contribution >= 4 is 15.9 Å². The van der Waals surface area contributed by atoms with E-state index in [4.69, 9.17) is 11.2 Å². The van der Waals surface area contributed by atoms with Crippen LogP contribution in [0, 0.1) is 12.3 Å². The summed E-state index contributed by atoms with van der Waals surface area (Å²) in [5, 5.41) is 0. The second-order valence-corrected chi connectivity index (χ2v) is 7.20. The fraction of sp³-hybridized carbons (Fsp3) is 0.467. The Kier molecular flexibility index (Phi) is 4.57. The van der Waals surface area contributed by atoms with Gasteiger partial charge >= 0.3 is 10.2 Å². The van der Waals surface area contributed by atoms with Crippen LogP contribution in [0.5, 0.6) is 0 Å². The Morgan fingerprint density at radius 1 is 1.33 bits per heavy atom. The van der Waals surface area contributed by atoms with Crippen molar-refractivity contribution in [3.63, 3.8) is 0 Å². The zero-order chi connectivity index (χ0) is 15.6. The smallest absolute Gasteiger partial charge is 0.304 e. The molecule has 114 valence electrons. The third-order valence-corrected chi connectivity index (χ3v) is 5.29. The second kappa shape index (κ2) is 6.06. The number of anilines is 1. The van der Waals surface area contributed by atoms with E-state index in [2.05, 4.69) is 5.92 Å². The molecule has 2 rings (SSSR count). The van der Waals surface area contributed by atoms with Crippen LogP contribution in [0.1, 0.15) is 19.4 Å². The normalized spacial score (nSPS) is 23.5. The Bertz CT molecular complexity index is 641. The van der Waals surface area contributed by atoms with Gasteiger partial charge in [-0.25, -0.2) is 0 Å². The van der Waals surface area contributed by atoms with Crippen molar-refractivity contribution in [2.75, 3.05) is 24.4 Å². The molecule has 0 radical (unpaired) electrons. The number of morpholine rings is 1. The standard InChI is InChI=1S/C15H20N2O3S/c1-5-14-7-6-8-15(9-14)16(4)21(18,19)17-10-12(2)20-13(3)11-17/h1,6-9,12-13H,10-11H2,2-4H3/t12-,13-/m0/s1. The molecular weight excluding hydrogens is 288 g/mol. The Balaban J connectivity index is 2.28. The molecule has 1 fully saturated rings. The molecule has 1 saturated heterocycles. The van der Waals surface area contributed by atoms with E-state index in [0.717, 1.165) is 0 Å². The minimum atomic E-state index is -3.59. The van der Waals surface area contributed by atoms with Gasteiger partial charge in [-0.3, -0.25) is 4.31 Å². The van der Waals surface area contributed by atoms with E-state index < -0.39 is 10.2 Å². The van der Waals surface area contributed by atoms with Crippen LogP contribution in [0.2, 0.25) is 0 Å². The molecule has 1 heterocycles. The first-order valence-electron chi connectivity index (χ1n) is 6.80. The second-order valence-electron chi connectivity index (χ2n) is 5.24. The number of ether oxygens (including phenoxy) is 1. The largest absolute Gasteiger partial charge is 0.373 e. The molecule has 2 atom stereocenters. The molecule has 1 aliphatic rings. The summed E-state index contributed by atoms with van der Waals surface area (Å²) in [5.74, 6) is 2.51. The van der Waals surface area contributed by atoms with E-state index in [1.54, 1.807) is 24.3 Å². The summed E-state index contributed by atoms with van der Waals surface area (Å²) < 4.78 is 33.7. The summed E-state index contributed by atoms with van der Waals surface area (Å²) in [7, 11) is -2.05. The highest BCUT2D eigenvalue weighted by molar-refractivity contribution is 7.90. The van der Waals surface area contributed by atoms with Crippen LogP contribution in [0.25, 0.3) is 0 Å². The van der Waals surface area contributed by atoms with Gasteiger partial charge in [-0.2, -0.15) is 12.7 Å². The summed E-state index contributed by atoms with van der Waals surface area (Å²) in [5.41, 5.74) is 1.20. The molecule has 21 heavy (non-hydrogen) atoms. The zero-order valence-electron chi connectivity index (χ0n) is 12.5. The first kappa shape index (κ1) is 15.8. The third-order valence-electron chi connectivity index (χ3n) is 3.43. The molecule has 0 saturated carbocycles. The average Bonchev–Trinajstić information content (AvgIpc) is 2.45. The molecule has 0 aliphatic carbocycles. The molecule has 6 heteroatoms. The van der Waals surface area contributed by atoms with Gasteiger partial charge in [0.25, 0.3) is 0 Å². The lowest BCUT2D eigenvalue weighted by molar-refractivity contribution is -0.0441. The molecule has 0 unspecified atom stereocenters. The van der Waals surface area contributed by atoms with Gasteiger partial charge < -0.3 is 4.74 Å². The first-order chi connectivity index (χ1) is 9.84. The Labute approximate surface area is 126 Å². The molecule has 0 bridgehead atoms. The maximum absolute atomic E-state index is 12.7. The van der Waals surface area contributed by atoms with Gasteiger partial charge in [-0.15, -0.1) is 6.42 Å². The Morgan fingerprint density at radius 2 is 1.95 bits per heavy atom. The van der Waals surface area contributed by atoms with Crippen LogP contribution in [-0.4, -0.2) is 45.1 Å². The molecule has 1 aromatic carbocycles. The van der Waals surface area contributed by atoms with E-state index in [0.29, 0.717) is 24.3 Å². The summed E-state index contributed by atoms with van der Waals surface area (Å²) in [6, 6.07) is 6.93. The Morgan fingerprint density at radius 3 is 2.52 bits per heavy atom. The van der Waals surface area contributed by atoms with E-state index in [1.807, 2.05) is 13.8 Å². The molecule has 0 N–H and O–H groups in total. The number of benzene rings is 1. The summed E-state index contributed by atoms with van der Waals surface area (Å²) in [6.07, 6.45) is 5.13. The number of hydrogen-bond acceptors (Lipinski definition) is 3. The van der Waals surface area contributed by atoms with Crippen LogP contribution in [0.4, 0.5) is 5.69 Å². The molecule has 0 amide bonds. The Hall–Kier alpha value is -1.55. The van der Waals surface area contributed by atoms with Gasteiger partial charge in [-0.05, 0) is 32.0 Å². The quantitative estimate of drug-likeness (QED) is 0.794. The number of nitrogens with zero attached hydrogens (tertiary/aromatic N) is 2.